The number of nitrogens with zero attached hydrogens (tertiary/aromatic N) is 5. The number of H-pyrrole nitrogens is 1. The fourth-order valence-electron chi connectivity index (χ4n) is 4.56. The van der Waals surface area contributed by atoms with Gasteiger partial charge >= 0.3 is 0 Å². The van der Waals surface area contributed by atoms with E-state index in [1.165, 1.54) is 22.2 Å². The first-order valence-electron chi connectivity index (χ1n) is 11.1. The number of aromatic nitrogens is 3. The largest absolute Gasteiger partial charge is 0.354 e. The van der Waals surface area contributed by atoms with E-state index < -0.39 is 0 Å². The van der Waals surface area contributed by atoms with Crippen molar-refractivity contribution in [2.75, 3.05) is 36.8 Å². The van der Waals surface area contributed by atoms with Crippen LogP contribution in [0.5, 0.6) is 0 Å². The van der Waals surface area contributed by atoms with Crippen LogP contribution in [0, 0.1) is 11.3 Å². The molecule has 0 saturated carbocycles. The Hall–Kier alpha value is -2.90. The minimum atomic E-state index is -0.0554. The SMILES string of the molecule is N#Cc1cccnc1N1CCCN(C(=O)CSCc2nc3sc4c(c3c(=O)[nH]2)CCC4)CC1. The van der Waals surface area contributed by atoms with Crippen molar-refractivity contribution in [3.05, 3.63) is 50.5 Å². The minimum Gasteiger partial charge on any atom is -0.354 e. The van der Waals surface area contributed by atoms with Gasteiger partial charge in [-0.25, -0.2) is 9.97 Å². The molecule has 0 bridgehead atoms. The zero-order chi connectivity index (χ0) is 22.8. The number of thioether (sulfide) groups is 1. The third-order valence-corrected chi connectivity index (χ3v) is 8.26. The van der Waals surface area contributed by atoms with E-state index in [4.69, 9.17) is 0 Å². The van der Waals surface area contributed by atoms with Crippen molar-refractivity contribution in [2.24, 2.45) is 0 Å². The molecule has 10 heteroatoms. The second-order valence-electron chi connectivity index (χ2n) is 8.25. The summed E-state index contributed by atoms with van der Waals surface area (Å²) in [5.74, 6) is 2.25. The molecule has 1 aliphatic heterocycles. The summed E-state index contributed by atoms with van der Waals surface area (Å²) >= 11 is 3.11. The van der Waals surface area contributed by atoms with E-state index in [9.17, 15) is 14.9 Å². The van der Waals surface area contributed by atoms with Gasteiger partial charge in [0.05, 0.1) is 22.5 Å². The number of carbonyl (C=O) groups excluding carboxylic acids is 1. The van der Waals surface area contributed by atoms with Crippen LogP contribution in [0.25, 0.3) is 10.2 Å². The molecule has 2 aliphatic rings. The summed E-state index contributed by atoms with van der Waals surface area (Å²) in [7, 11) is 0. The van der Waals surface area contributed by atoms with Gasteiger partial charge in [-0.2, -0.15) is 5.26 Å². The second kappa shape index (κ2) is 9.53. The van der Waals surface area contributed by atoms with Crippen molar-refractivity contribution in [1.82, 2.24) is 19.9 Å². The summed E-state index contributed by atoms with van der Waals surface area (Å²) in [5.41, 5.74) is 1.68. The predicted octanol–water partition coefficient (Wildman–Crippen LogP) is 2.71. The van der Waals surface area contributed by atoms with Crippen molar-refractivity contribution in [3.63, 3.8) is 0 Å². The van der Waals surface area contributed by atoms with Crippen molar-refractivity contribution in [1.29, 1.82) is 5.26 Å². The first-order valence-corrected chi connectivity index (χ1v) is 13.1. The molecule has 0 spiro atoms. The van der Waals surface area contributed by atoms with Crippen molar-refractivity contribution in [3.8, 4) is 6.07 Å². The first kappa shape index (κ1) is 21.9. The molecule has 5 rings (SSSR count). The topological polar surface area (TPSA) is 106 Å². The third kappa shape index (κ3) is 4.48. The van der Waals surface area contributed by atoms with E-state index in [2.05, 4.69) is 25.9 Å². The maximum Gasteiger partial charge on any atom is 0.259 e. The Kier molecular flexibility index (Phi) is 6.33. The predicted molar refractivity (Wildman–Crippen MR) is 131 cm³/mol. The quantitative estimate of drug-likeness (QED) is 0.598. The van der Waals surface area contributed by atoms with E-state index in [0.29, 0.717) is 48.3 Å². The number of aryl methyl sites for hydroxylation is 2. The molecule has 33 heavy (non-hydrogen) atoms. The van der Waals surface area contributed by atoms with Crippen LogP contribution in [0.4, 0.5) is 5.82 Å². The maximum absolute atomic E-state index is 12.8. The molecule has 1 aliphatic carbocycles. The fraction of sp³-hybridized carbons (Fsp3) is 0.435. The standard InChI is InChI=1S/C23H24N6O2S2/c24-12-15-4-2-7-25-21(15)29-9-3-8-28(10-11-29)19(30)14-32-13-18-26-22(31)20-16-5-1-6-17(16)33-23(20)27-18/h2,4,7H,1,3,5-6,8-11,13-14H2,(H,26,27,31). The molecule has 0 aromatic carbocycles. The molecule has 1 N–H and O–H groups in total. The average molecular weight is 481 g/mol. The summed E-state index contributed by atoms with van der Waals surface area (Å²) in [4.78, 5) is 43.4. The number of pyridine rings is 1. The van der Waals surface area contributed by atoms with Gasteiger partial charge in [0.15, 0.2) is 0 Å². The monoisotopic (exact) mass is 480 g/mol. The number of nitriles is 1. The average Bonchev–Trinajstić information content (AvgIpc) is 3.31. The first-order chi connectivity index (χ1) is 16.1. The summed E-state index contributed by atoms with van der Waals surface area (Å²) in [6, 6.07) is 5.73. The van der Waals surface area contributed by atoms with Gasteiger partial charge in [0.1, 0.15) is 22.5 Å². The zero-order valence-electron chi connectivity index (χ0n) is 18.2. The normalized spacial score (nSPS) is 16.0. The highest BCUT2D eigenvalue weighted by atomic mass is 32.2. The zero-order valence-corrected chi connectivity index (χ0v) is 19.8. The van der Waals surface area contributed by atoms with Crippen LogP contribution in [0.1, 0.15) is 34.7 Å². The number of anilines is 1. The van der Waals surface area contributed by atoms with Crippen LogP contribution < -0.4 is 10.5 Å². The summed E-state index contributed by atoms with van der Waals surface area (Å²) < 4.78 is 0. The van der Waals surface area contributed by atoms with Gasteiger partial charge in [-0.15, -0.1) is 23.1 Å². The van der Waals surface area contributed by atoms with Crippen molar-refractivity contribution < 1.29 is 4.79 Å². The Morgan fingerprint density at radius 1 is 1.24 bits per heavy atom. The number of aromatic amines is 1. The molecule has 8 nitrogen and oxygen atoms in total. The Morgan fingerprint density at radius 2 is 2.15 bits per heavy atom. The Balaban J connectivity index is 1.17. The van der Waals surface area contributed by atoms with Gasteiger partial charge in [-0.05, 0) is 43.4 Å². The van der Waals surface area contributed by atoms with Gasteiger partial charge in [-0.3, -0.25) is 9.59 Å². The molecule has 0 unspecified atom stereocenters. The third-order valence-electron chi connectivity index (χ3n) is 6.14. The molecule has 4 heterocycles. The van der Waals surface area contributed by atoms with Crippen LogP contribution in [0.3, 0.4) is 0 Å². The van der Waals surface area contributed by atoms with Crippen LogP contribution in [-0.4, -0.2) is 57.7 Å². The van der Waals surface area contributed by atoms with Crippen LogP contribution >= 0.6 is 23.1 Å². The molecule has 3 aromatic rings. The maximum atomic E-state index is 12.8. The van der Waals surface area contributed by atoms with Gasteiger partial charge < -0.3 is 14.8 Å². The number of hydrogen-bond donors (Lipinski definition) is 1. The van der Waals surface area contributed by atoms with Crippen LogP contribution in [-0.2, 0) is 23.4 Å². The molecule has 0 atom stereocenters. The van der Waals surface area contributed by atoms with E-state index in [0.717, 1.165) is 42.4 Å². The Bertz CT molecular complexity index is 1290. The van der Waals surface area contributed by atoms with Crippen molar-refractivity contribution in [2.45, 2.75) is 31.4 Å². The van der Waals surface area contributed by atoms with E-state index >= 15 is 0 Å². The lowest BCUT2D eigenvalue weighted by molar-refractivity contribution is -0.128. The van der Waals surface area contributed by atoms with Gasteiger partial charge in [-0.1, -0.05) is 0 Å². The molecule has 1 saturated heterocycles. The van der Waals surface area contributed by atoms with E-state index in [1.54, 1.807) is 29.7 Å². The van der Waals surface area contributed by atoms with Gasteiger partial charge in [0.25, 0.3) is 5.56 Å². The summed E-state index contributed by atoms with van der Waals surface area (Å²) in [6.45, 7) is 2.70. The number of hydrogen-bond acceptors (Lipinski definition) is 8. The van der Waals surface area contributed by atoms with Gasteiger partial charge in [0.2, 0.25) is 5.91 Å². The summed E-state index contributed by atoms with van der Waals surface area (Å²) in [5, 5.41) is 10.1. The number of nitrogens with one attached hydrogen (secondary N) is 1. The van der Waals surface area contributed by atoms with Crippen molar-refractivity contribution >= 4 is 45.0 Å². The molecular formula is C23H24N6O2S2. The van der Waals surface area contributed by atoms with E-state index in [1.807, 2.05) is 4.90 Å². The van der Waals surface area contributed by atoms with Gasteiger partial charge in [0, 0.05) is 37.3 Å². The summed E-state index contributed by atoms with van der Waals surface area (Å²) in [6.07, 6.45) is 5.65. The second-order valence-corrected chi connectivity index (χ2v) is 10.3. The molecule has 3 aromatic heterocycles. The fourth-order valence-corrected chi connectivity index (χ4v) is 6.63. The molecule has 170 valence electrons. The number of rotatable bonds is 5. The molecule has 0 radical (unpaired) electrons. The highest BCUT2D eigenvalue weighted by Crippen LogP contribution is 2.34. The molecular weight excluding hydrogens is 456 g/mol. The number of thiophene rings is 1. The Labute approximate surface area is 199 Å². The molecule has 1 amide bonds. The lowest BCUT2D eigenvalue weighted by Gasteiger charge is -2.23. The number of fused-ring (bicyclic) bond motifs is 3. The minimum absolute atomic E-state index is 0.0554. The highest BCUT2D eigenvalue weighted by Gasteiger charge is 2.23. The number of amides is 1. The van der Waals surface area contributed by atoms with Crippen LogP contribution in [0.2, 0.25) is 0 Å². The smallest absolute Gasteiger partial charge is 0.259 e. The Morgan fingerprint density at radius 3 is 3.03 bits per heavy atom. The molecule has 1 fully saturated rings. The highest BCUT2D eigenvalue weighted by molar-refractivity contribution is 7.99. The lowest BCUT2D eigenvalue weighted by atomic mass is 10.2. The lowest BCUT2D eigenvalue weighted by Crippen LogP contribution is -2.36. The van der Waals surface area contributed by atoms with Crippen LogP contribution in [0.15, 0.2) is 23.1 Å². The number of carbonyl (C=O) groups is 1. The van der Waals surface area contributed by atoms with E-state index in [-0.39, 0.29) is 11.5 Å².